The van der Waals surface area contributed by atoms with E-state index in [1.165, 1.54) is 0 Å². The van der Waals surface area contributed by atoms with Crippen LogP contribution in [0.1, 0.15) is 64.9 Å². The lowest BCUT2D eigenvalue weighted by atomic mass is 10.1. The number of nitrogens with zero attached hydrogens (tertiary/aromatic N) is 1. The second-order valence-corrected chi connectivity index (χ2v) is 9.07. The van der Waals surface area contributed by atoms with Gasteiger partial charge in [-0.15, -0.1) is 0 Å². The second kappa shape index (κ2) is 12.9. The number of ether oxygens (including phenoxy) is 2. The zero-order chi connectivity index (χ0) is 23.4. The maximum atomic E-state index is 13.0. The topological polar surface area (TPSA) is 97.0 Å². The molecule has 0 saturated carbocycles. The van der Waals surface area contributed by atoms with E-state index in [1.54, 1.807) is 20.8 Å². The van der Waals surface area contributed by atoms with Crippen molar-refractivity contribution in [2.24, 2.45) is 0 Å². The number of alkyl carbamates (subject to hydrolysis) is 2. The highest BCUT2D eigenvalue weighted by Gasteiger charge is 2.28. The monoisotopic (exact) mass is 447 g/mol. The summed E-state index contributed by atoms with van der Waals surface area (Å²) in [5.74, 6) is -0.0641. The highest BCUT2D eigenvalue weighted by Crippen LogP contribution is 2.14. The number of carbonyl (C=O) groups excluding carboxylic acids is 3. The minimum atomic E-state index is -0.632. The van der Waals surface area contributed by atoms with Gasteiger partial charge in [-0.25, -0.2) is 9.59 Å². The van der Waals surface area contributed by atoms with Crippen LogP contribution in [0.2, 0.25) is 0 Å². The summed E-state index contributed by atoms with van der Waals surface area (Å²) in [5, 5.41) is 5.47. The lowest BCUT2D eigenvalue weighted by molar-refractivity contribution is -0.134. The number of hydrogen-bond donors (Lipinski definition) is 2. The fourth-order valence-corrected chi connectivity index (χ4v) is 3.48. The standard InChI is InChI=1S/C24H37N3O5/c1-24(2,3)32-23(30)26-20(21(28)27-16-10-5-11-17-27)14-8-9-15-25-22(29)31-18-19-12-6-4-7-13-19/h4,6-7,12-13,20H,5,8-11,14-18H2,1-3H3,(H,25,29)(H,26,30)/t20-/m0/s1. The lowest BCUT2D eigenvalue weighted by Crippen LogP contribution is -2.51. The van der Waals surface area contributed by atoms with Gasteiger partial charge in [-0.1, -0.05) is 30.3 Å². The summed E-state index contributed by atoms with van der Waals surface area (Å²) in [4.78, 5) is 38.9. The molecule has 1 heterocycles. The molecule has 1 fully saturated rings. The minimum absolute atomic E-state index is 0.0641. The predicted molar refractivity (Wildman–Crippen MR) is 122 cm³/mol. The molecule has 178 valence electrons. The van der Waals surface area contributed by atoms with E-state index < -0.39 is 23.8 Å². The maximum absolute atomic E-state index is 13.0. The molecule has 0 radical (unpaired) electrons. The lowest BCUT2D eigenvalue weighted by Gasteiger charge is -2.31. The molecule has 32 heavy (non-hydrogen) atoms. The van der Waals surface area contributed by atoms with Gasteiger partial charge in [0, 0.05) is 19.6 Å². The molecular weight excluding hydrogens is 410 g/mol. The van der Waals surface area contributed by atoms with Gasteiger partial charge in [0.05, 0.1) is 0 Å². The van der Waals surface area contributed by atoms with E-state index in [1.807, 2.05) is 35.2 Å². The largest absolute Gasteiger partial charge is 0.445 e. The van der Waals surface area contributed by atoms with Crippen LogP contribution in [0.4, 0.5) is 9.59 Å². The van der Waals surface area contributed by atoms with Gasteiger partial charge in [-0.05, 0) is 64.9 Å². The molecule has 2 N–H and O–H groups in total. The summed E-state index contributed by atoms with van der Waals surface area (Å²) in [6.07, 6.45) is 3.85. The van der Waals surface area contributed by atoms with Crippen LogP contribution in [0.15, 0.2) is 30.3 Å². The molecule has 8 nitrogen and oxygen atoms in total. The summed E-state index contributed by atoms with van der Waals surface area (Å²) in [5.41, 5.74) is 0.294. The Labute approximate surface area is 191 Å². The summed E-state index contributed by atoms with van der Waals surface area (Å²) in [6, 6.07) is 8.85. The molecule has 2 rings (SSSR count). The van der Waals surface area contributed by atoms with Crippen LogP contribution in [0.5, 0.6) is 0 Å². The Bertz CT molecular complexity index is 727. The first-order chi connectivity index (χ1) is 15.2. The molecule has 1 aliphatic rings. The van der Waals surface area contributed by atoms with Crippen molar-refractivity contribution in [1.29, 1.82) is 0 Å². The number of likely N-dealkylation sites (tertiary alicyclic amines) is 1. The van der Waals surface area contributed by atoms with Crippen molar-refractivity contribution < 1.29 is 23.9 Å². The first-order valence-electron chi connectivity index (χ1n) is 11.5. The molecule has 1 aromatic rings. The van der Waals surface area contributed by atoms with Gasteiger partial charge in [-0.2, -0.15) is 0 Å². The molecule has 1 atom stereocenters. The Morgan fingerprint density at radius 2 is 1.69 bits per heavy atom. The summed E-state index contributed by atoms with van der Waals surface area (Å²) in [6.45, 7) is 7.47. The third-order valence-corrected chi connectivity index (χ3v) is 5.06. The van der Waals surface area contributed by atoms with E-state index in [4.69, 9.17) is 9.47 Å². The molecule has 0 aliphatic carbocycles. The van der Waals surface area contributed by atoms with Crippen molar-refractivity contribution in [1.82, 2.24) is 15.5 Å². The van der Waals surface area contributed by atoms with Crippen molar-refractivity contribution in [3.05, 3.63) is 35.9 Å². The first-order valence-corrected chi connectivity index (χ1v) is 11.5. The van der Waals surface area contributed by atoms with Crippen molar-refractivity contribution in [2.45, 2.75) is 77.5 Å². The van der Waals surface area contributed by atoms with Crippen LogP contribution < -0.4 is 10.6 Å². The number of piperidine rings is 1. The van der Waals surface area contributed by atoms with Crippen LogP contribution >= 0.6 is 0 Å². The van der Waals surface area contributed by atoms with Gasteiger partial charge in [0.2, 0.25) is 5.91 Å². The quantitative estimate of drug-likeness (QED) is 0.558. The third kappa shape index (κ3) is 10.0. The molecule has 1 aromatic carbocycles. The SMILES string of the molecule is CC(C)(C)OC(=O)N[C@@H](CCCCNC(=O)OCc1ccccc1)C(=O)N1CCCCC1. The van der Waals surface area contributed by atoms with Gasteiger partial charge >= 0.3 is 12.2 Å². The van der Waals surface area contributed by atoms with Gasteiger partial charge < -0.3 is 25.0 Å². The number of nitrogens with one attached hydrogen (secondary N) is 2. The fraction of sp³-hybridized carbons (Fsp3) is 0.625. The van der Waals surface area contributed by atoms with E-state index in [0.29, 0.717) is 25.8 Å². The summed E-state index contributed by atoms with van der Waals surface area (Å²) in [7, 11) is 0. The second-order valence-electron chi connectivity index (χ2n) is 9.07. The number of hydrogen-bond acceptors (Lipinski definition) is 5. The Morgan fingerprint density at radius 3 is 2.34 bits per heavy atom. The molecule has 0 spiro atoms. The Hall–Kier alpha value is -2.77. The summed E-state index contributed by atoms with van der Waals surface area (Å²) < 4.78 is 10.5. The van der Waals surface area contributed by atoms with Crippen molar-refractivity contribution in [3.8, 4) is 0 Å². The van der Waals surface area contributed by atoms with Crippen LogP contribution in [0, 0.1) is 0 Å². The van der Waals surface area contributed by atoms with E-state index in [2.05, 4.69) is 10.6 Å². The van der Waals surface area contributed by atoms with Gasteiger partial charge in [0.15, 0.2) is 0 Å². The smallest absolute Gasteiger partial charge is 0.408 e. The average molecular weight is 448 g/mol. The first kappa shape index (κ1) is 25.5. The molecule has 1 aliphatic heterocycles. The number of amides is 3. The number of unbranched alkanes of at least 4 members (excludes halogenated alkanes) is 1. The van der Waals surface area contributed by atoms with Crippen LogP contribution in [0.3, 0.4) is 0 Å². The third-order valence-electron chi connectivity index (χ3n) is 5.06. The van der Waals surface area contributed by atoms with Crippen molar-refractivity contribution >= 4 is 18.1 Å². The highest BCUT2D eigenvalue weighted by molar-refractivity contribution is 5.85. The summed E-state index contributed by atoms with van der Waals surface area (Å²) >= 11 is 0. The fourth-order valence-electron chi connectivity index (χ4n) is 3.48. The zero-order valence-electron chi connectivity index (χ0n) is 19.5. The highest BCUT2D eigenvalue weighted by atomic mass is 16.6. The van der Waals surface area contributed by atoms with Gasteiger partial charge in [0.1, 0.15) is 18.2 Å². The Morgan fingerprint density at radius 1 is 1.00 bits per heavy atom. The van der Waals surface area contributed by atoms with Crippen LogP contribution in [-0.4, -0.2) is 54.3 Å². The number of benzene rings is 1. The van der Waals surface area contributed by atoms with Crippen molar-refractivity contribution in [3.63, 3.8) is 0 Å². The molecule has 8 heteroatoms. The Balaban J connectivity index is 1.75. The minimum Gasteiger partial charge on any atom is -0.445 e. The maximum Gasteiger partial charge on any atom is 0.408 e. The van der Waals surface area contributed by atoms with E-state index in [0.717, 1.165) is 37.9 Å². The molecule has 0 bridgehead atoms. The normalized spacial score (nSPS) is 14.9. The van der Waals surface area contributed by atoms with Crippen LogP contribution in [0.25, 0.3) is 0 Å². The number of carbonyl (C=O) groups is 3. The van der Waals surface area contributed by atoms with Crippen molar-refractivity contribution in [2.75, 3.05) is 19.6 Å². The Kier molecular flexibility index (Phi) is 10.3. The van der Waals surface area contributed by atoms with Gasteiger partial charge in [0.25, 0.3) is 0 Å². The van der Waals surface area contributed by atoms with E-state index in [-0.39, 0.29) is 12.5 Å². The molecule has 1 saturated heterocycles. The number of rotatable bonds is 9. The molecular formula is C24H37N3O5. The molecule has 0 unspecified atom stereocenters. The average Bonchev–Trinajstić information content (AvgIpc) is 2.76. The van der Waals surface area contributed by atoms with E-state index in [9.17, 15) is 14.4 Å². The van der Waals surface area contributed by atoms with E-state index >= 15 is 0 Å². The van der Waals surface area contributed by atoms with Crippen LogP contribution in [-0.2, 0) is 20.9 Å². The molecule has 3 amide bonds. The van der Waals surface area contributed by atoms with Gasteiger partial charge in [-0.3, -0.25) is 4.79 Å². The molecule has 0 aromatic heterocycles. The zero-order valence-corrected chi connectivity index (χ0v) is 19.5. The predicted octanol–water partition coefficient (Wildman–Crippen LogP) is 3.99.